The van der Waals surface area contributed by atoms with Crippen LogP contribution in [0.4, 0.5) is 0 Å². The van der Waals surface area contributed by atoms with Gasteiger partial charge in [0.15, 0.2) is 5.76 Å². The Morgan fingerprint density at radius 1 is 1.19 bits per heavy atom. The average Bonchev–Trinajstić information content (AvgIpc) is 3.10. The van der Waals surface area contributed by atoms with E-state index in [0.717, 1.165) is 38.0 Å². The van der Waals surface area contributed by atoms with Crippen LogP contribution in [-0.2, 0) is 33.9 Å². The van der Waals surface area contributed by atoms with E-state index >= 15 is 0 Å². The molecule has 1 aliphatic heterocycles. The Hall–Kier alpha value is -2.18. The first kappa shape index (κ1) is 18.6. The molecule has 1 aromatic heterocycles. The lowest BCUT2D eigenvalue weighted by Crippen LogP contribution is -2.28. The van der Waals surface area contributed by atoms with Gasteiger partial charge in [-0.25, -0.2) is 0 Å². The van der Waals surface area contributed by atoms with Crippen molar-refractivity contribution in [3.8, 4) is 0 Å². The van der Waals surface area contributed by atoms with Crippen LogP contribution in [0.3, 0.4) is 0 Å². The summed E-state index contributed by atoms with van der Waals surface area (Å²) in [5, 5.41) is 6.91. The van der Waals surface area contributed by atoms with Crippen LogP contribution in [0, 0.1) is 5.92 Å². The summed E-state index contributed by atoms with van der Waals surface area (Å²) in [6, 6.07) is 11.7. The first-order chi connectivity index (χ1) is 12.8. The molecule has 1 aromatic carbocycles. The maximum atomic E-state index is 12.0. The quantitative estimate of drug-likeness (QED) is 0.746. The van der Waals surface area contributed by atoms with Gasteiger partial charge in [0, 0.05) is 25.8 Å². The fourth-order valence-corrected chi connectivity index (χ4v) is 3.03. The van der Waals surface area contributed by atoms with Gasteiger partial charge in [-0.15, -0.1) is 0 Å². The number of ether oxygens (including phenoxy) is 2. The molecule has 0 atom stereocenters. The minimum atomic E-state index is -0.0258. The summed E-state index contributed by atoms with van der Waals surface area (Å²) in [5.74, 6) is 1.26. The van der Waals surface area contributed by atoms with Crippen LogP contribution >= 0.6 is 0 Å². The summed E-state index contributed by atoms with van der Waals surface area (Å²) in [4.78, 5) is 12.0. The zero-order chi connectivity index (χ0) is 18.0. The predicted octanol–water partition coefficient (Wildman–Crippen LogP) is 2.87. The molecule has 0 unspecified atom stereocenters. The Bertz CT molecular complexity index is 665. The van der Waals surface area contributed by atoms with Crippen molar-refractivity contribution in [1.29, 1.82) is 0 Å². The van der Waals surface area contributed by atoms with Crippen molar-refractivity contribution in [3.05, 3.63) is 53.4 Å². The number of hydrogen-bond donors (Lipinski definition) is 1. The fraction of sp³-hybridized carbons (Fsp3) is 0.500. The Morgan fingerprint density at radius 2 is 2.00 bits per heavy atom. The number of carbonyl (C=O) groups excluding carboxylic acids is 1. The van der Waals surface area contributed by atoms with Gasteiger partial charge in [0.1, 0.15) is 6.61 Å². The number of aromatic nitrogens is 1. The Kier molecular flexibility index (Phi) is 7.22. The number of benzene rings is 1. The SMILES string of the molecule is O=C(Cc1cc(COCc2ccccc2)on1)NCCC1CCOCC1. The van der Waals surface area contributed by atoms with Crippen LogP contribution in [0.25, 0.3) is 0 Å². The summed E-state index contributed by atoms with van der Waals surface area (Å²) in [6.07, 6.45) is 3.42. The molecule has 6 nitrogen and oxygen atoms in total. The van der Waals surface area contributed by atoms with Gasteiger partial charge in [-0.05, 0) is 30.7 Å². The molecule has 1 N–H and O–H groups in total. The molecule has 0 radical (unpaired) electrons. The van der Waals surface area contributed by atoms with Gasteiger partial charge in [0.05, 0.1) is 18.7 Å². The molecule has 0 spiro atoms. The lowest BCUT2D eigenvalue weighted by atomic mass is 9.97. The highest BCUT2D eigenvalue weighted by atomic mass is 16.5. The first-order valence-corrected chi connectivity index (χ1v) is 9.20. The number of hydrogen-bond acceptors (Lipinski definition) is 5. The minimum absolute atomic E-state index is 0.0258. The molecule has 1 amide bonds. The molecule has 2 heterocycles. The normalized spacial score (nSPS) is 15.1. The van der Waals surface area contributed by atoms with Crippen molar-refractivity contribution in [2.75, 3.05) is 19.8 Å². The molecule has 6 heteroatoms. The topological polar surface area (TPSA) is 73.6 Å². The van der Waals surface area contributed by atoms with Gasteiger partial charge in [0.25, 0.3) is 0 Å². The highest BCUT2D eigenvalue weighted by molar-refractivity contribution is 5.78. The molecule has 2 aromatic rings. The molecule has 3 rings (SSSR count). The average molecular weight is 358 g/mol. The van der Waals surface area contributed by atoms with E-state index in [1.54, 1.807) is 6.07 Å². The van der Waals surface area contributed by atoms with E-state index in [1.165, 1.54) is 0 Å². The van der Waals surface area contributed by atoms with Crippen LogP contribution in [0.2, 0.25) is 0 Å². The van der Waals surface area contributed by atoms with Crippen molar-refractivity contribution in [2.24, 2.45) is 5.92 Å². The molecule has 0 bridgehead atoms. The third-order valence-electron chi connectivity index (χ3n) is 4.52. The zero-order valence-corrected chi connectivity index (χ0v) is 15.0. The van der Waals surface area contributed by atoms with Crippen LogP contribution in [-0.4, -0.2) is 30.8 Å². The van der Waals surface area contributed by atoms with E-state index in [9.17, 15) is 4.79 Å². The second kappa shape index (κ2) is 10.1. The second-order valence-electron chi connectivity index (χ2n) is 6.63. The van der Waals surface area contributed by atoms with E-state index in [2.05, 4.69) is 10.5 Å². The highest BCUT2D eigenvalue weighted by Gasteiger charge is 2.14. The number of amides is 1. The van der Waals surface area contributed by atoms with Gasteiger partial charge < -0.3 is 19.3 Å². The Morgan fingerprint density at radius 3 is 2.81 bits per heavy atom. The summed E-state index contributed by atoms with van der Waals surface area (Å²) in [6.45, 7) is 3.24. The standard InChI is InChI=1S/C20H26N2O4/c23-20(21-9-6-16-7-10-24-11-8-16)13-18-12-19(26-22-18)15-25-14-17-4-2-1-3-5-17/h1-5,12,16H,6-11,13-15H2,(H,21,23). The Balaban J connectivity index is 1.32. The van der Waals surface area contributed by atoms with E-state index < -0.39 is 0 Å². The molecule has 140 valence electrons. The van der Waals surface area contributed by atoms with Crippen LogP contribution < -0.4 is 5.32 Å². The van der Waals surface area contributed by atoms with Crippen LogP contribution in [0.15, 0.2) is 40.9 Å². The van der Waals surface area contributed by atoms with Gasteiger partial charge in [-0.3, -0.25) is 4.79 Å². The number of rotatable bonds is 9. The Labute approximate surface area is 153 Å². The summed E-state index contributed by atoms with van der Waals surface area (Å²) in [7, 11) is 0. The van der Waals surface area contributed by atoms with Crippen molar-refractivity contribution in [1.82, 2.24) is 10.5 Å². The van der Waals surface area contributed by atoms with Crippen molar-refractivity contribution in [2.45, 2.75) is 38.9 Å². The molecule has 0 aliphatic carbocycles. The summed E-state index contributed by atoms with van der Waals surface area (Å²) in [5.41, 5.74) is 1.74. The van der Waals surface area contributed by atoms with Gasteiger partial charge in [0.2, 0.25) is 5.91 Å². The number of nitrogens with zero attached hydrogens (tertiary/aromatic N) is 1. The molecule has 1 saturated heterocycles. The first-order valence-electron chi connectivity index (χ1n) is 9.20. The fourth-order valence-electron chi connectivity index (χ4n) is 3.03. The van der Waals surface area contributed by atoms with Crippen LogP contribution in [0.5, 0.6) is 0 Å². The van der Waals surface area contributed by atoms with Crippen LogP contribution in [0.1, 0.15) is 36.3 Å². The van der Waals surface area contributed by atoms with Gasteiger partial charge >= 0.3 is 0 Å². The van der Waals surface area contributed by atoms with Crippen molar-refractivity contribution in [3.63, 3.8) is 0 Å². The monoisotopic (exact) mass is 358 g/mol. The van der Waals surface area contributed by atoms with Gasteiger partial charge in [-0.2, -0.15) is 0 Å². The molecule has 1 fully saturated rings. The van der Waals surface area contributed by atoms with E-state index in [1.807, 2.05) is 30.3 Å². The number of carbonyl (C=O) groups is 1. The lowest BCUT2D eigenvalue weighted by Gasteiger charge is -2.21. The van der Waals surface area contributed by atoms with E-state index in [4.69, 9.17) is 14.0 Å². The maximum Gasteiger partial charge on any atom is 0.226 e. The molecule has 1 aliphatic rings. The maximum absolute atomic E-state index is 12.0. The van der Waals surface area contributed by atoms with Crippen molar-refractivity contribution < 1.29 is 18.8 Å². The zero-order valence-electron chi connectivity index (χ0n) is 15.0. The van der Waals surface area contributed by atoms with Gasteiger partial charge in [-0.1, -0.05) is 35.5 Å². The summed E-state index contributed by atoms with van der Waals surface area (Å²) >= 11 is 0. The third-order valence-corrected chi connectivity index (χ3v) is 4.52. The smallest absolute Gasteiger partial charge is 0.226 e. The lowest BCUT2D eigenvalue weighted by molar-refractivity contribution is -0.120. The predicted molar refractivity (Wildman–Crippen MR) is 96.3 cm³/mol. The molecular weight excluding hydrogens is 332 g/mol. The molecule has 26 heavy (non-hydrogen) atoms. The van der Waals surface area contributed by atoms with Crippen molar-refractivity contribution >= 4 is 5.91 Å². The third kappa shape index (κ3) is 6.28. The summed E-state index contributed by atoms with van der Waals surface area (Å²) < 4.78 is 16.2. The second-order valence-corrected chi connectivity index (χ2v) is 6.63. The largest absolute Gasteiger partial charge is 0.381 e. The minimum Gasteiger partial charge on any atom is -0.381 e. The number of nitrogens with one attached hydrogen (secondary N) is 1. The highest BCUT2D eigenvalue weighted by Crippen LogP contribution is 2.17. The van der Waals surface area contributed by atoms with E-state index in [0.29, 0.717) is 37.1 Å². The molecular formula is C20H26N2O4. The molecule has 0 saturated carbocycles. The van der Waals surface area contributed by atoms with E-state index in [-0.39, 0.29) is 12.3 Å².